The van der Waals surface area contributed by atoms with Crippen LogP contribution >= 0.6 is 23.5 Å². The molecule has 1 fully saturated rings. The first-order valence-corrected chi connectivity index (χ1v) is 17.7. The van der Waals surface area contributed by atoms with Crippen molar-refractivity contribution >= 4 is 47.2 Å². The maximum Gasteiger partial charge on any atom is 0.203 e. The first kappa shape index (κ1) is 36.2. The van der Waals surface area contributed by atoms with E-state index in [4.69, 9.17) is 28.4 Å². The number of allylic oxidation sites excluding steroid dienone is 3. The van der Waals surface area contributed by atoms with E-state index in [0.717, 1.165) is 22.6 Å². The minimum Gasteiger partial charge on any atom is -0.493 e. The topological polar surface area (TPSA) is 89.5 Å². The van der Waals surface area contributed by atoms with Crippen molar-refractivity contribution in [3.8, 4) is 34.5 Å². The Kier molecular flexibility index (Phi) is 13.1. The minimum absolute atomic E-state index is 0.119. The molecule has 4 aromatic rings. The van der Waals surface area contributed by atoms with Crippen molar-refractivity contribution in [1.29, 1.82) is 0 Å². The Bertz CT molecular complexity index is 1700. The summed E-state index contributed by atoms with van der Waals surface area (Å²) in [6.07, 6.45) is 6.08. The standard InChI is InChI=1S/C40H38O8S2/c1-43-33-21-29(22-34(44-2)38(33)47-25-27-11-7-5-8-12-27)15-17-31(41)37(40-49-19-20-50-40)32(42)18-16-30-23-35(45-3)39(36(24-30)46-4)48-26-28-13-9-6-10-14-28/h5-18,21-24H,19-20,25-26H2,1-4H3. The van der Waals surface area contributed by atoms with Gasteiger partial charge in [-0.25, -0.2) is 0 Å². The van der Waals surface area contributed by atoms with Gasteiger partial charge in [-0.1, -0.05) is 72.8 Å². The van der Waals surface area contributed by atoms with Crippen LogP contribution in [0.5, 0.6) is 34.5 Å². The van der Waals surface area contributed by atoms with Crippen LogP contribution in [-0.2, 0) is 22.8 Å². The fourth-order valence-corrected chi connectivity index (χ4v) is 7.59. The first-order valence-electron chi connectivity index (χ1n) is 15.7. The highest BCUT2D eigenvalue weighted by atomic mass is 32.2. The molecule has 0 saturated carbocycles. The average Bonchev–Trinajstić information content (AvgIpc) is 3.69. The Morgan fingerprint density at radius 1 is 0.580 bits per heavy atom. The van der Waals surface area contributed by atoms with Crippen LogP contribution in [0, 0.1) is 0 Å². The highest BCUT2D eigenvalue weighted by molar-refractivity contribution is 8.25. The van der Waals surface area contributed by atoms with Gasteiger partial charge >= 0.3 is 0 Å². The number of carbonyl (C=O) groups excluding carboxylic acids is 2. The molecule has 0 aromatic heterocycles. The van der Waals surface area contributed by atoms with Gasteiger partial charge in [-0.15, -0.1) is 23.5 Å². The number of benzene rings is 4. The summed E-state index contributed by atoms with van der Waals surface area (Å²) in [5.41, 5.74) is 3.40. The summed E-state index contributed by atoms with van der Waals surface area (Å²) in [5.74, 6) is 3.54. The van der Waals surface area contributed by atoms with Crippen LogP contribution in [0.25, 0.3) is 12.2 Å². The molecule has 0 bridgehead atoms. The monoisotopic (exact) mass is 710 g/mol. The smallest absolute Gasteiger partial charge is 0.203 e. The van der Waals surface area contributed by atoms with Crippen molar-refractivity contribution in [3.05, 3.63) is 129 Å². The van der Waals surface area contributed by atoms with E-state index in [1.165, 1.54) is 35.7 Å². The fraction of sp³-hybridized carbons (Fsp3) is 0.200. The molecule has 1 aliphatic heterocycles. The molecule has 50 heavy (non-hydrogen) atoms. The molecule has 8 nitrogen and oxygen atoms in total. The largest absolute Gasteiger partial charge is 0.493 e. The summed E-state index contributed by atoms with van der Waals surface area (Å²) in [6, 6.07) is 26.6. The van der Waals surface area contributed by atoms with Crippen molar-refractivity contribution in [3.63, 3.8) is 0 Å². The number of methoxy groups -OCH3 is 4. The highest BCUT2D eigenvalue weighted by Crippen LogP contribution is 2.42. The molecule has 1 heterocycles. The molecule has 0 aliphatic carbocycles. The number of carbonyl (C=O) groups is 2. The molecule has 4 aromatic carbocycles. The van der Waals surface area contributed by atoms with Crippen molar-refractivity contribution in [2.45, 2.75) is 13.2 Å². The molecule has 0 amide bonds. The first-order chi connectivity index (χ1) is 24.4. The number of hydrogen-bond acceptors (Lipinski definition) is 10. The third-order valence-electron chi connectivity index (χ3n) is 7.52. The lowest BCUT2D eigenvalue weighted by Crippen LogP contribution is -2.10. The molecule has 0 unspecified atom stereocenters. The maximum atomic E-state index is 13.7. The second-order valence-electron chi connectivity index (χ2n) is 10.8. The average molecular weight is 711 g/mol. The summed E-state index contributed by atoms with van der Waals surface area (Å²) in [7, 11) is 6.17. The van der Waals surface area contributed by atoms with E-state index >= 15 is 0 Å². The summed E-state index contributed by atoms with van der Waals surface area (Å²) in [4.78, 5) is 27.3. The predicted octanol–water partition coefficient (Wildman–Crippen LogP) is 8.44. The zero-order valence-corrected chi connectivity index (χ0v) is 29.9. The Labute approximate surface area is 301 Å². The highest BCUT2D eigenvalue weighted by Gasteiger charge is 2.24. The SMILES string of the molecule is COc1cc(C=CC(=O)C(C(=O)C=Cc2cc(OC)c(OCc3ccccc3)c(OC)c2)=C2SCCS2)cc(OC)c1OCc1ccccc1. The summed E-state index contributed by atoms with van der Waals surface area (Å²) >= 11 is 3.01. The number of ketones is 2. The van der Waals surface area contributed by atoms with Gasteiger partial charge in [0.25, 0.3) is 0 Å². The number of hydrogen-bond donors (Lipinski definition) is 0. The molecule has 0 N–H and O–H groups in total. The summed E-state index contributed by atoms with van der Waals surface area (Å²) < 4.78 is 35.3. The van der Waals surface area contributed by atoms with Crippen LogP contribution in [0.2, 0.25) is 0 Å². The molecule has 258 valence electrons. The molecule has 0 atom stereocenters. The van der Waals surface area contributed by atoms with Gasteiger partial charge in [0.15, 0.2) is 34.6 Å². The van der Waals surface area contributed by atoms with Crippen LogP contribution in [0.15, 0.2) is 107 Å². The minimum atomic E-state index is -0.404. The predicted molar refractivity (Wildman–Crippen MR) is 201 cm³/mol. The second kappa shape index (κ2) is 18.1. The number of thioether (sulfide) groups is 2. The summed E-state index contributed by atoms with van der Waals surface area (Å²) in [5, 5.41) is 0. The van der Waals surface area contributed by atoms with Crippen LogP contribution in [-0.4, -0.2) is 51.5 Å². The van der Waals surface area contributed by atoms with Crippen molar-refractivity contribution < 1.29 is 38.0 Å². The van der Waals surface area contributed by atoms with E-state index in [9.17, 15) is 9.59 Å². The zero-order chi connectivity index (χ0) is 35.3. The molecule has 10 heteroatoms. The molecule has 0 radical (unpaired) electrons. The van der Waals surface area contributed by atoms with E-state index in [2.05, 4.69) is 0 Å². The molecule has 0 spiro atoms. The normalized spacial score (nSPS) is 12.6. The quantitative estimate of drug-likeness (QED) is 0.0641. The molecular formula is C40H38O8S2. The van der Waals surface area contributed by atoms with Gasteiger partial charge in [-0.05, 0) is 58.7 Å². The van der Waals surface area contributed by atoms with Gasteiger partial charge in [-0.3, -0.25) is 9.59 Å². The van der Waals surface area contributed by atoms with E-state index in [0.29, 0.717) is 63.1 Å². The van der Waals surface area contributed by atoms with Gasteiger partial charge < -0.3 is 28.4 Å². The van der Waals surface area contributed by atoms with Crippen LogP contribution < -0.4 is 28.4 Å². The van der Waals surface area contributed by atoms with Gasteiger partial charge in [0.1, 0.15) is 13.2 Å². The number of ether oxygens (including phenoxy) is 6. The molecular weight excluding hydrogens is 673 g/mol. The van der Waals surface area contributed by atoms with Gasteiger partial charge in [0.05, 0.1) is 38.2 Å². The molecule has 1 saturated heterocycles. The van der Waals surface area contributed by atoms with E-state index < -0.39 is 11.6 Å². The Balaban J connectivity index is 1.35. The van der Waals surface area contributed by atoms with Crippen molar-refractivity contribution in [2.24, 2.45) is 0 Å². The third kappa shape index (κ3) is 9.34. The van der Waals surface area contributed by atoms with Crippen molar-refractivity contribution in [1.82, 2.24) is 0 Å². The Morgan fingerprint density at radius 3 is 1.28 bits per heavy atom. The Hall–Kier alpha value is -5.06. The lowest BCUT2D eigenvalue weighted by Gasteiger charge is -2.15. The lowest BCUT2D eigenvalue weighted by molar-refractivity contribution is -0.116. The molecule has 1 aliphatic rings. The zero-order valence-electron chi connectivity index (χ0n) is 28.3. The van der Waals surface area contributed by atoms with Gasteiger partial charge in [0, 0.05) is 11.5 Å². The molecule has 5 rings (SSSR count). The third-order valence-corrected chi connectivity index (χ3v) is 10.2. The van der Waals surface area contributed by atoms with E-state index in [-0.39, 0.29) is 5.57 Å². The van der Waals surface area contributed by atoms with Crippen LogP contribution in [0.1, 0.15) is 22.3 Å². The van der Waals surface area contributed by atoms with Crippen LogP contribution in [0.3, 0.4) is 0 Å². The van der Waals surface area contributed by atoms with Gasteiger partial charge in [0.2, 0.25) is 11.5 Å². The fourth-order valence-electron chi connectivity index (χ4n) is 5.02. The maximum absolute atomic E-state index is 13.7. The lowest BCUT2D eigenvalue weighted by atomic mass is 10.0. The van der Waals surface area contributed by atoms with Crippen LogP contribution in [0.4, 0.5) is 0 Å². The van der Waals surface area contributed by atoms with E-state index in [1.54, 1.807) is 64.9 Å². The van der Waals surface area contributed by atoms with Crippen molar-refractivity contribution in [2.75, 3.05) is 39.9 Å². The van der Waals surface area contributed by atoms with E-state index in [1.807, 2.05) is 60.7 Å². The summed E-state index contributed by atoms with van der Waals surface area (Å²) in [6.45, 7) is 0.656. The second-order valence-corrected chi connectivity index (χ2v) is 13.3. The van der Waals surface area contributed by atoms with Gasteiger partial charge in [-0.2, -0.15) is 0 Å². The Morgan fingerprint density at radius 2 is 0.940 bits per heavy atom. The number of rotatable bonds is 16.